The summed E-state index contributed by atoms with van der Waals surface area (Å²) in [5, 5.41) is 11.8. The number of nitrogens with zero attached hydrogens (tertiary/aromatic N) is 1. The minimum atomic E-state index is -2.49. The maximum absolute atomic E-state index is 13.2. The van der Waals surface area contributed by atoms with Crippen LogP contribution in [0.3, 0.4) is 0 Å². The third-order valence-electron chi connectivity index (χ3n) is 3.96. The van der Waals surface area contributed by atoms with Gasteiger partial charge in [0.05, 0.1) is 11.8 Å². The van der Waals surface area contributed by atoms with E-state index in [-0.39, 0.29) is 24.9 Å². The summed E-state index contributed by atoms with van der Waals surface area (Å²) in [6, 6.07) is 0. The predicted octanol–water partition coefficient (Wildman–Crippen LogP) is 3.60. The van der Waals surface area contributed by atoms with Gasteiger partial charge in [-0.05, 0) is 44.4 Å². The number of rotatable bonds is 3. The molecule has 0 heterocycles. The van der Waals surface area contributed by atoms with Crippen LogP contribution >= 0.6 is 0 Å². The Labute approximate surface area is 106 Å². The van der Waals surface area contributed by atoms with E-state index in [9.17, 15) is 8.78 Å². The summed E-state index contributed by atoms with van der Waals surface area (Å²) in [5.41, 5.74) is 0.819. The monoisotopic (exact) mass is 261 g/mol. The van der Waals surface area contributed by atoms with Gasteiger partial charge in [0, 0.05) is 19.4 Å². The molecule has 1 N–H and O–H groups in total. The molecule has 0 aromatic carbocycles. The Morgan fingerprint density at radius 1 is 1.28 bits per heavy atom. The van der Waals surface area contributed by atoms with Crippen LogP contribution in [0, 0.1) is 5.92 Å². The Kier molecular flexibility index (Phi) is 4.54. The number of alkyl halides is 2. The first-order valence-corrected chi connectivity index (χ1v) is 6.78. The van der Waals surface area contributed by atoms with E-state index in [0.29, 0.717) is 13.0 Å². The molecular formula is C13H21F2NO2. The van der Waals surface area contributed by atoms with Gasteiger partial charge in [-0.15, -0.1) is 0 Å². The van der Waals surface area contributed by atoms with Gasteiger partial charge >= 0.3 is 0 Å². The zero-order valence-corrected chi connectivity index (χ0v) is 10.6. The van der Waals surface area contributed by atoms with Crippen LogP contribution in [0.4, 0.5) is 8.78 Å². The van der Waals surface area contributed by atoms with Crippen molar-refractivity contribution in [2.24, 2.45) is 11.1 Å². The number of hydrogen-bond donors (Lipinski definition) is 1. The fourth-order valence-electron chi connectivity index (χ4n) is 2.88. The molecule has 0 aromatic heterocycles. The van der Waals surface area contributed by atoms with Crippen molar-refractivity contribution >= 4 is 5.71 Å². The van der Waals surface area contributed by atoms with E-state index < -0.39 is 5.92 Å². The smallest absolute Gasteiger partial charge is 0.248 e. The van der Waals surface area contributed by atoms with E-state index in [1.54, 1.807) is 0 Å². The Balaban J connectivity index is 1.69. The van der Waals surface area contributed by atoms with E-state index in [0.717, 1.165) is 37.8 Å². The second-order valence-corrected chi connectivity index (χ2v) is 5.52. The standard InChI is InChI=1S/C13H21F2NO2/c14-13(15)7-1-2-10(8-13)9-18-12-5-3-11(16-17)4-6-12/h10,12,17H,1-9H2. The molecule has 3 nitrogen and oxygen atoms in total. The van der Waals surface area contributed by atoms with Gasteiger partial charge in [-0.1, -0.05) is 5.16 Å². The molecule has 0 bridgehead atoms. The Morgan fingerprint density at radius 2 is 2.00 bits per heavy atom. The molecule has 0 aliphatic heterocycles. The van der Waals surface area contributed by atoms with Crippen LogP contribution in [0.1, 0.15) is 51.4 Å². The van der Waals surface area contributed by atoms with Crippen LogP contribution in [0.15, 0.2) is 5.16 Å². The van der Waals surface area contributed by atoms with Gasteiger partial charge in [0.1, 0.15) is 0 Å². The second kappa shape index (κ2) is 5.95. The lowest BCUT2D eigenvalue weighted by Crippen LogP contribution is -2.30. The molecule has 18 heavy (non-hydrogen) atoms. The highest BCUT2D eigenvalue weighted by molar-refractivity contribution is 5.84. The van der Waals surface area contributed by atoms with Crippen LogP contribution < -0.4 is 0 Å². The summed E-state index contributed by atoms with van der Waals surface area (Å²) in [7, 11) is 0. The average Bonchev–Trinajstić information content (AvgIpc) is 2.36. The molecule has 2 aliphatic rings. The highest BCUT2D eigenvalue weighted by atomic mass is 19.3. The van der Waals surface area contributed by atoms with E-state index >= 15 is 0 Å². The first-order valence-electron chi connectivity index (χ1n) is 6.78. The molecular weight excluding hydrogens is 240 g/mol. The Hall–Kier alpha value is -0.710. The maximum Gasteiger partial charge on any atom is 0.248 e. The van der Waals surface area contributed by atoms with Crippen LogP contribution in [0.25, 0.3) is 0 Å². The van der Waals surface area contributed by atoms with Gasteiger partial charge in [-0.3, -0.25) is 0 Å². The molecule has 2 fully saturated rings. The van der Waals surface area contributed by atoms with Crippen LogP contribution in [0.2, 0.25) is 0 Å². The molecule has 0 amide bonds. The SMILES string of the molecule is ON=C1CCC(OCC2CCCC(F)(F)C2)CC1. The van der Waals surface area contributed by atoms with E-state index in [4.69, 9.17) is 9.94 Å². The topological polar surface area (TPSA) is 41.8 Å². The van der Waals surface area contributed by atoms with Crippen molar-refractivity contribution in [1.29, 1.82) is 0 Å². The number of oxime groups is 1. The molecule has 104 valence electrons. The molecule has 5 heteroatoms. The molecule has 2 saturated carbocycles. The molecule has 2 aliphatic carbocycles. The third-order valence-corrected chi connectivity index (χ3v) is 3.96. The normalized spacial score (nSPS) is 32.2. The zero-order chi connectivity index (χ0) is 13.0. The zero-order valence-electron chi connectivity index (χ0n) is 10.6. The molecule has 1 atom stereocenters. The highest BCUT2D eigenvalue weighted by Gasteiger charge is 2.36. The minimum Gasteiger partial charge on any atom is -0.411 e. The van der Waals surface area contributed by atoms with Crippen molar-refractivity contribution in [3.8, 4) is 0 Å². The molecule has 0 radical (unpaired) electrons. The van der Waals surface area contributed by atoms with Crippen molar-refractivity contribution in [1.82, 2.24) is 0 Å². The third kappa shape index (κ3) is 3.90. The second-order valence-electron chi connectivity index (χ2n) is 5.52. The van der Waals surface area contributed by atoms with Crippen LogP contribution in [-0.4, -0.2) is 29.6 Å². The summed E-state index contributed by atoms with van der Waals surface area (Å²) < 4.78 is 32.2. The van der Waals surface area contributed by atoms with Crippen molar-refractivity contribution in [2.75, 3.05) is 6.61 Å². The minimum absolute atomic E-state index is 0.00153. The maximum atomic E-state index is 13.2. The van der Waals surface area contributed by atoms with Gasteiger partial charge in [-0.25, -0.2) is 8.78 Å². The van der Waals surface area contributed by atoms with Gasteiger partial charge < -0.3 is 9.94 Å². The molecule has 0 saturated heterocycles. The average molecular weight is 261 g/mol. The molecule has 0 aromatic rings. The first kappa shape index (κ1) is 13.7. The quantitative estimate of drug-likeness (QED) is 0.623. The van der Waals surface area contributed by atoms with Crippen molar-refractivity contribution in [2.45, 2.75) is 63.4 Å². The fraction of sp³-hybridized carbons (Fsp3) is 0.923. The molecule has 2 rings (SSSR count). The first-order chi connectivity index (χ1) is 8.59. The van der Waals surface area contributed by atoms with Crippen LogP contribution in [0.5, 0.6) is 0 Å². The van der Waals surface area contributed by atoms with E-state index in [2.05, 4.69) is 5.16 Å². The van der Waals surface area contributed by atoms with Crippen molar-refractivity contribution < 1.29 is 18.7 Å². The summed E-state index contributed by atoms with van der Waals surface area (Å²) in [5.74, 6) is -2.49. The lowest BCUT2D eigenvalue weighted by atomic mass is 9.87. The Bertz CT molecular complexity index is 297. The number of ether oxygens (including phenoxy) is 1. The summed E-state index contributed by atoms with van der Waals surface area (Å²) in [6.07, 6.45) is 4.78. The largest absolute Gasteiger partial charge is 0.411 e. The Morgan fingerprint density at radius 3 is 2.61 bits per heavy atom. The van der Waals surface area contributed by atoms with E-state index in [1.807, 2.05) is 0 Å². The highest BCUT2D eigenvalue weighted by Crippen LogP contribution is 2.37. The lowest BCUT2D eigenvalue weighted by Gasteiger charge is -2.31. The van der Waals surface area contributed by atoms with Gasteiger partial charge in [0.25, 0.3) is 0 Å². The van der Waals surface area contributed by atoms with Crippen molar-refractivity contribution in [3.05, 3.63) is 0 Å². The van der Waals surface area contributed by atoms with E-state index in [1.165, 1.54) is 0 Å². The lowest BCUT2D eigenvalue weighted by molar-refractivity contribution is -0.0762. The fourth-order valence-corrected chi connectivity index (χ4v) is 2.88. The summed E-state index contributed by atoms with van der Waals surface area (Å²) in [6.45, 7) is 0.450. The van der Waals surface area contributed by atoms with Crippen LogP contribution in [-0.2, 0) is 4.74 Å². The van der Waals surface area contributed by atoms with Gasteiger partial charge in [-0.2, -0.15) is 0 Å². The molecule has 1 unspecified atom stereocenters. The number of halogens is 2. The van der Waals surface area contributed by atoms with Gasteiger partial charge in [0.15, 0.2) is 0 Å². The van der Waals surface area contributed by atoms with Crippen molar-refractivity contribution in [3.63, 3.8) is 0 Å². The predicted molar refractivity (Wildman–Crippen MR) is 64.3 cm³/mol. The number of hydrogen-bond acceptors (Lipinski definition) is 3. The summed E-state index contributed by atoms with van der Waals surface area (Å²) in [4.78, 5) is 0. The van der Waals surface area contributed by atoms with Gasteiger partial charge in [0.2, 0.25) is 5.92 Å². The molecule has 0 spiro atoms. The summed E-state index contributed by atoms with van der Waals surface area (Å²) >= 11 is 0.